The molecule has 0 spiro atoms. The summed E-state index contributed by atoms with van der Waals surface area (Å²) in [6.07, 6.45) is 0. The summed E-state index contributed by atoms with van der Waals surface area (Å²) >= 11 is 9.41. The van der Waals surface area contributed by atoms with Crippen LogP contribution in [0.5, 0.6) is 0 Å². The van der Waals surface area contributed by atoms with E-state index in [1.165, 1.54) is 0 Å². The fraction of sp³-hybridized carbons (Fsp3) is 0.222. The number of aromatic nitrogens is 2. The van der Waals surface area contributed by atoms with Gasteiger partial charge in [0.2, 0.25) is 0 Å². The van der Waals surface area contributed by atoms with E-state index < -0.39 is 0 Å². The van der Waals surface area contributed by atoms with Gasteiger partial charge >= 0.3 is 0 Å². The summed E-state index contributed by atoms with van der Waals surface area (Å²) in [5.41, 5.74) is 6.67. The molecule has 2 rings (SSSR count). The third-order valence-corrected chi connectivity index (χ3v) is 2.85. The number of nitrogen functional groups attached to an aromatic ring is 1. The molecule has 14 heavy (non-hydrogen) atoms. The molecule has 0 aliphatic heterocycles. The predicted octanol–water partition coefficient (Wildman–Crippen LogP) is 3.05. The number of fused-ring (bicyclic) bond motifs is 1. The number of nitrogens with zero attached hydrogens (tertiary/aromatic N) is 2. The van der Waals surface area contributed by atoms with Gasteiger partial charge in [0.1, 0.15) is 11.3 Å². The lowest BCUT2D eigenvalue weighted by atomic mass is 10.2. The Bertz CT molecular complexity index is 492. The van der Waals surface area contributed by atoms with E-state index in [1.807, 2.05) is 19.1 Å². The third kappa shape index (κ3) is 1.38. The number of rotatable bonds is 1. The van der Waals surface area contributed by atoms with E-state index in [4.69, 9.17) is 17.3 Å². The molecule has 0 radical (unpaired) electrons. The molecule has 0 aliphatic rings. The lowest BCUT2D eigenvalue weighted by molar-refractivity contribution is 0.678. The zero-order chi connectivity index (χ0) is 10.3. The Morgan fingerprint density at radius 3 is 2.93 bits per heavy atom. The first kappa shape index (κ1) is 9.80. The molecule has 0 bridgehead atoms. The van der Waals surface area contributed by atoms with Crippen molar-refractivity contribution in [3.8, 4) is 0 Å². The van der Waals surface area contributed by atoms with Crippen LogP contribution in [0.1, 0.15) is 6.92 Å². The highest BCUT2D eigenvalue weighted by Crippen LogP contribution is 2.30. The van der Waals surface area contributed by atoms with Crippen LogP contribution in [0.15, 0.2) is 16.6 Å². The van der Waals surface area contributed by atoms with Crippen LogP contribution in [0.2, 0.25) is 5.02 Å². The van der Waals surface area contributed by atoms with Crippen LogP contribution < -0.4 is 5.73 Å². The first-order valence-electron chi connectivity index (χ1n) is 4.24. The van der Waals surface area contributed by atoms with Gasteiger partial charge in [0.15, 0.2) is 0 Å². The number of nitrogens with two attached hydrogens (primary N) is 1. The number of hydrogen-bond donors (Lipinski definition) is 1. The summed E-state index contributed by atoms with van der Waals surface area (Å²) in [5.74, 6) is 0.658. The molecular formula is C9H9BrClN3. The molecule has 5 heteroatoms. The smallest absolute Gasteiger partial charge is 0.129 e. The standard InChI is InChI=1S/C9H9BrClN3/c1-2-14-9(12)6-3-5(10)4-7(11)8(6)13-14/h3-4H,2,12H2,1H3. The monoisotopic (exact) mass is 273 g/mol. The molecule has 0 amide bonds. The molecule has 74 valence electrons. The van der Waals surface area contributed by atoms with E-state index >= 15 is 0 Å². The van der Waals surface area contributed by atoms with Crippen molar-refractivity contribution >= 4 is 44.3 Å². The maximum Gasteiger partial charge on any atom is 0.129 e. The summed E-state index contributed by atoms with van der Waals surface area (Å²) in [4.78, 5) is 0. The zero-order valence-corrected chi connectivity index (χ0v) is 9.93. The molecule has 3 nitrogen and oxygen atoms in total. The van der Waals surface area contributed by atoms with Gasteiger partial charge in [-0.15, -0.1) is 0 Å². The molecule has 1 aromatic heterocycles. The molecule has 2 N–H and O–H groups in total. The van der Waals surface area contributed by atoms with Gasteiger partial charge in [-0.05, 0) is 19.1 Å². The van der Waals surface area contributed by atoms with Gasteiger partial charge in [-0.2, -0.15) is 5.10 Å². The van der Waals surface area contributed by atoms with Crippen LogP contribution >= 0.6 is 27.5 Å². The zero-order valence-electron chi connectivity index (χ0n) is 7.59. The van der Waals surface area contributed by atoms with E-state index in [1.54, 1.807) is 4.68 Å². The summed E-state index contributed by atoms with van der Waals surface area (Å²) in [6, 6.07) is 3.74. The second-order valence-corrected chi connectivity index (χ2v) is 4.31. The highest BCUT2D eigenvalue weighted by Gasteiger charge is 2.10. The largest absolute Gasteiger partial charge is 0.383 e. The third-order valence-electron chi connectivity index (χ3n) is 2.10. The van der Waals surface area contributed by atoms with Gasteiger partial charge in [0.25, 0.3) is 0 Å². The minimum Gasteiger partial charge on any atom is -0.383 e. The normalized spacial score (nSPS) is 11.1. The Kier molecular flexibility index (Phi) is 2.41. The minimum atomic E-state index is 0.619. The highest BCUT2D eigenvalue weighted by molar-refractivity contribution is 9.10. The van der Waals surface area contributed by atoms with Gasteiger partial charge in [-0.1, -0.05) is 27.5 Å². The van der Waals surface area contributed by atoms with E-state index in [-0.39, 0.29) is 0 Å². The lowest BCUT2D eigenvalue weighted by Gasteiger charge is -1.96. The minimum absolute atomic E-state index is 0.619. The molecule has 0 fully saturated rings. The molecule has 0 unspecified atom stereocenters. The fourth-order valence-electron chi connectivity index (χ4n) is 1.42. The molecule has 0 saturated carbocycles. The Morgan fingerprint density at radius 1 is 1.57 bits per heavy atom. The summed E-state index contributed by atoms with van der Waals surface area (Å²) in [6.45, 7) is 2.74. The summed E-state index contributed by atoms with van der Waals surface area (Å²) in [5, 5.41) is 5.82. The molecular weight excluding hydrogens is 265 g/mol. The average Bonchev–Trinajstić information content (AvgIpc) is 2.44. The van der Waals surface area contributed by atoms with Gasteiger partial charge in [0, 0.05) is 16.4 Å². The quantitative estimate of drug-likeness (QED) is 0.868. The van der Waals surface area contributed by atoms with E-state index in [9.17, 15) is 0 Å². The van der Waals surface area contributed by atoms with Crippen molar-refractivity contribution in [2.24, 2.45) is 0 Å². The SMILES string of the molecule is CCn1nc2c(Cl)cc(Br)cc2c1N. The first-order valence-corrected chi connectivity index (χ1v) is 5.41. The Morgan fingerprint density at radius 2 is 2.29 bits per heavy atom. The van der Waals surface area contributed by atoms with Crippen molar-refractivity contribution in [2.45, 2.75) is 13.5 Å². The molecule has 1 aromatic carbocycles. The number of benzene rings is 1. The molecule has 1 heterocycles. The van der Waals surface area contributed by atoms with Crippen molar-refractivity contribution in [3.05, 3.63) is 21.6 Å². The number of anilines is 1. The number of aryl methyl sites for hydroxylation is 1. The van der Waals surface area contributed by atoms with Crippen LogP contribution in [0.3, 0.4) is 0 Å². The molecule has 0 saturated heterocycles. The van der Waals surface area contributed by atoms with Crippen molar-refractivity contribution in [1.29, 1.82) is 0 Å². The lowest BCUT2D eigenvalue weighted by Crippen LogP contribution is -2.01. The van der Waals surface area contributed by atoms with Crippen LogP contribution in [-0.2, 0) is 6.54 Å². The number of halogens is 2. The molecule has 0 atom stereocenters. The average molecular weight is 275 g/mol. The van der Waals surface area contributed by atoms with Crippen molar-refractivity contribution in [2.75, 3.05) is 5.73 Å². The van der Waals surface area contributed by atoms with Gasteiger partial charge < -0.3 is 5.73 Å². The summed E-state index contributed by atoms with van der Waals surface area (Å²) < 4.78 is 2.65. The van der Waals surface area contributed by atoms with Crippen molar-refractivity contribution in [1.82, 2.24) is 9.78 Å². The second-order valence-electron chi connectivity index (χ2n) is 2.98. The van der Waals surface area contributed by atoms with E-state index in [0.29, 0.717) is 10.8 Å². The maximum absolute atomic E-state index is 6.04. The van der Waals surface area contributed by atoms with Gasteiger partial charge in [0.05, 0.1) is 5.02 Å². The highest BCUT2D eigenvalue weighted by atomic mass is 79.9. The predicted molar refractivity (Wildman–Crippen MR) is 62.5 cm³/mol. The topological polar surface area (TPSA) is 43.8 Å². The Balaban J connectivity index is 2.85. The van der Waals surface area contributed by atoms with Gasteiger partial charge in [-0.3, -0.25) is 0 Å². The van der Waals surface area contributed by atoms with Crippen LogP contribution in [0, 0.1) is 0 Å². The molecule has 0 aliphatic carbocycles. The van der Waals surface area contributed by atoms with Crippen LogP contribution in [-0.4, -0.2) is 9.78 Å². The second kappa shape index (κ2) is 3.44. The maximum atomic E-state index is 6.04. The van der Waals surface area contributed by atoms with Crippen LogP contribution in [0.4, 0.5) is 5.82 Å². The Hall–Kier alpha value is -0.740. The fourth-order valence-corrected chi connectivity index (χ4v) is 2.26. The van der Waals surface area contributed by atoms with E-state index in [0.717, 1.165) is 21.9 Å². The Labute approximate surface area is 95.0 Å². The van der Waals surface area contributed by atoms with Crippen LogP contribution in [0.25, 0.3) is 10.9 Å². The van der Waals surface area contributed by atoms with Crippen molar-refractivity contribution in [3.63, 3.8) is 0 Å². The molecule has 2 aromatic rings. The summed E-state index contributed by atoms with van der Waals surface area (Å²) in [7, 11) is 0. The van der Waals surface area contributed by atoms with Gasteiger partial charge in [-0.25, -0.2) is 4.68 Å². The number of hydrogen-bond acceptors (Lipinski definition) is 2. The van der Waals surface area contributed by atoms with E-state index in [2.05, 4.69) is 21.0 Å². The van der Waals surface area contributed by atoms with Crippen molar-refractivity contribution < 1.29 is 0 Å². The first-order chi connectivity index (χ1) is 6.63.